The van der Waals surface area contributed by atoms with Crippen LogP contribution in [0.15, 0.2) is 78.0 Å². The first kappa shape index (κ1) is 51.7. The number of aryl methyl sites for hydroxylation is 2. The van der Waals surface area contributed by atoms with Crippen molar-refractivity contribution in [2.45, 2.75) is 109 Å². The van der Waals surface area contributed by atoms with Crippen LogP contribution in [0.3, 0.4) is 0 Å². The van der Waals surface area contributed by atoms with Crippen molar-refractivity contribution in [2.75, 3.05) is 6.73 Å². The Morgan fingerprint density at radius 3 is 1.56 bits per heavy atom. The van der Waals surface area contributed by atoms with Gasteiger partial charge in [-0.15, -0.1) is 0 Å². The Labute approximate surface area is 273 Å². The van der Waals surface area contributed by atoms with Crippen LogP contribution in [0.1, 0.15) is 114 Å². The highest BCUT2D eigenvalue weighted by Crippen LogP contribution is 2.20. The molecule has 1 aromatic heterocycles. The maximum Gasteiger partial charge on any atom is 0.243 e. The van der Waals surface area contributed by atoms with E-state index in [4.69, 9.17) is 4.74 Å². The van der Waals surface area contributed by atoms with Crippen molar-refractivity contribution in [1.82, 2.24) is 4.72 Å². The molecule has 0 saturated carbocycles. The van der Waals surface area contributed by atoms with Crippen molar-refractivity contribution in [3.05, 3.63) is 89.7 Å². The average molecular weight is 707 g/mol. The first-order valence-electron chi connectivity index (χ1n) is 11.9. The van der Waals surface area contributed by atoms with Crippen LogP contribution >= 0.6 is 0 Å². The molecule has 0 amide bonds. The lowest BCUT2D eigenvalue weighted by molar-refractivity contribution is -0.671. The van der Waals surface area contributed by atoms with Crippen LogP contribution in [0.4, 0.5) is 0 Å². The second-order valence-electron chi connectivity index (χ2n) is 8.73. The molecule has 0 spiro atoms. The van der Waals surface area contributed by atoms with E-state index in [1.165, 1.54) is 12.0 Å². The van der Waals surface area contributed by atoms with Gasteiger partial charge in [0.15, 0.2) is 19.1 Å². The van der Waals surface area contributed by atoms with Crippen LogP contribution in [0.25, 0.3) is 0 Å². The molecule has 0 aliphatic carbocycles. The Morgan fingerprint density at radius 2 is 1.15 bits per heavy atom. The van der Waals surface area contributed by atoms with E-state index in [1.54, 1.807) is 12.1 Å². The molecule has 7 heteroatoms. The number of nitrogens with zero attached hydrogens (tertiary/aromatic N) is 1. The van der Waals surface area contributed by atoms with Gasteiger partial charge in [0.25, 0.3) is 0 Å². The summed E-state index contributed by atoms with van der Waals surface area (Å²) in [6.07, 6.45) is 6.44. The van der Waals surface area contributed by atoms with Crippen LogP contribution in [0, 0.1) is 6.92 Å². The molecular weight excluding hydrogens is 643 g/mol. The summed E-state index contributed by atoms with van der Waals surface area (Å²) < 4.78 is 34.4. The highest BCUT2D eigenvalue weighted by Gasteiger charge is 2.14. The third-order valence-corrected chi connectivity index (χ3v) is 7.46. The molecule has 0 saturated heterocycles. The van der Waals surface area contributed by atoms with Gasteiger partial charge in [0.1, 0.15) is 12.8 Å². The smallest absolute Gasteiger partial charge is 0.243 e. The minimum Gasteiger partial charge on any atom is -1.00 e. The van der Waals surface area contributed by atoms with Crippen molar-refractivity contribution in [2.24, 2.45) is 7.05 Å². The van der Waals surface area contributed by atoms with Crippen LogP contribution in [-0.2, 0) is 17.1 Å². The monoisotopic (exact) mass is 706 g/mol. The number of aromatic nitrogens is 1. The molecule has 41 heavy (non-hydrogen) atoms. The molecule has 2 aromatic carbocycles. The van der Waals surface area contributed by atoms with Crippen LogP contribution in [-0.4, -0.2) is 15.1 Å². The van der Waals surface area contributed by atoms with Crippen molar-refractivity contribution in [1.29, 1.82) is 0 Å². The first-order chi connectivity index (χ1) is 16.2. The molecule has 3 aromatic rings. The Hall–Kier alpha value is -1.97. The van der Waals surface area contributed by atoms with E-state index in [2.05, 4.69) is 61.5 Å². The molecule has 0 bridgehead atoms. The summed E-state index contributed by atoms with van der Waals surface area (Å²) >= 11 is 0. The molecule has 0 aliphatic heterocycles. The van der Waals surface area contributed by atoms with Crippen LogP contribution in [0.5, 0.6) is 5.75 Å². The van der Waals surface area contributed by atoms with Crippen LogP contribution in [0.2, 0.25) is 0 Å². The number of rotatable bonds is 9. The topological polar surface area (TPSA) is 59.3 Å². The fourth-order valence-corrected chi connectivity index (χ4v) is 4.07. The van der Waals surface area contributed by atoms with Gasteiger partial charge in [0, 0.05) is 12.1 Å². The fraction of sp³-hybridized carbons (Fsp3) is 0.500. The molecule has 1 heterocycles. The van der Waals surface area contributed by atoms with E-state index in [1.807, 2.05) is 50.4 Å². The van der Waals surface area contributed by atoms with Gasteiger partial charge < -0.3 is 28.7 Å². The number of pyridine rings is 1. The predicted octanol–water partition coefficient (Wildman–Crippen LogP) is 6.67. The Kier molecular flexibility index (Phi) is 32.5. The lowest BCUT2D eigenvalue weighted by Gasteiger charge is -2.11. The Balaban J connectivity index is -0.000000149. The lowest BCUT2D eigenvalue weighted by Crippen LogP contribution is -3.00. The third-order valence-electron chi connectivity index (χ3n) is 6.07. The zero-order chi connectivity index (χ0) is 25.1. The summed E-state index contributed by atoms with van der Waals surface area (Å²) in [6, 6.07) is 18.8. The van der Waals surface area contributed by atoms with Gasteiger partial charge >= 0.3 is 0 Å². The lowest BCUT2D eigenvalue weighted by atomic mass is 9.99. The zero-order valence-corrected chi connectivity index (χ0v) is 24.6. The molecule has 0 radical (unpaired) electrons. The molecule has 1 N–H and O–H groups in total. The number of benzene rings is 2. The van der Waals surface area contributed by atoms with Gasteiger partial charge in [0.05, 0.1) is 4.90 Å². The standard InChI is InChI=1S/C18H23NO3S.C10H16N.6CH4.HI/c1-4-15(3)16-7-11-18(12-8-16)23(20,21)19-13-22-17-9-5-14(2)6-10-17;1-4-9(2)10-5-7-11(3)8-6-10;;;;;;;/h5-12,15,19H,4,13H2,1-3H3;5-9H,4H2,1-3H3;6*1H4;1H/q;+1;;;;;;;/p-1. The number of ether oxygens (including phenoxy) is 1. The molecular formula is C34H63IN2O3S. The van der Waals surface area contributed by atoms with Gasteiger partial charge in [-0.25, -0.2) is 13.0 Å². The van der Waals surface area contributed by atoms with E-state index in [9.17, 15) is 8.42 Å². The van der Waals surface area contributed by atoms with Gasteiger partial charge in [-0.2, -0.15) is 4.72 Å². The van der Waals surface area contributed by atoms with Gasteiger partial charge in [-0.3, -0.25) is 0 Å². The van der Waals surface area contributed by atoms with Crippen molar-refractivity contribution >= 4 is 10.0 Å². The minimum absolute atomic E-state index is 0. The second kappa shape index (κ2) is 25.7. The van der Waals surface area contributed by atoms with Crippen molar-refractivity contribution < 1.29 is 41.7 Å². The van der Waals surface area contributed by atoms with Crippen molar-refractivity contribution in [3.63, 3.8) is 0 Å². The largest absolute Gasteiger partial charge is 1.00 e. The Morgan fingerprint density at radius 1 is 0.732 bits per heavy atom. The molecule has 0 fully saturated rings. The molecule has 2 atom stereocenters. The second-order valence-corrected chi connectivity index (χ2v) is 10.5. The third kappa shape index (κ3) is 17.6. The maximum absolute atomic E-state index is 12.2. The number of halogens is 1. The molecule has 2 unspecified atom stereocenters. The molecule has 3 rings (SSSR count). The van der Waals surface area contributed by atoms with Crippen LogP contribution < -0.4 is 38.0 Å². The average Bonchev–Trinajstić information content (AvgIpc) is 2.85. The zero-order valence-electron chi connectivity index (χ0n) is 21.7. The SMILES string of the molecule is C.C.C.C.C.C.CCC(C)c1cc[n+](C)cc1.CCC(C)c1ccc(S(=O)(=O)NCOc2ccc(C)cc2)cc1.[I-]. The van der Waals surface area contributed by atoms with E-state index in [0.717, 1.165) is 17.5 Å². The first-order valence-corrected chi connectivity index (χ1v) is 13.4. The molecule has 0 aliphatic rings. The summed E-state index contributed by atoms with van der Waals surface area (Å²) in [4.78, 5) is 0.247. The summed E-state index contributed by atoms with van der Waals surface area (Å²) in [7, 11) is -1.52. The summed E-state index contributed by atoms with van der Waals surface area (Å²) in [5.41, 5.74) is 3.70. The highest BCUT2D eigenvalue weighted by atomic mass is 127. The summed E-state index contributed by atoms with van der Waals surface area (Å²) in [6.45, 7) is 10.6. The number of hydrogen-bond acceptors (Lipinski definition) is 3. The van der Waals surface area contributed by atoms with Gasteiger partial charge in [-0.05, 0) is 67.0 Å². The van der Waals surface area contributed by atoms with E-state index in [-0.39, 0.29) is 80.2 Å². The maximum atomic E-state index is 12.2. The summed E-state index contributed by atoms with van der Waals surface area (Å²) in [5, 5.41) is 0. The molecule has 240 valence electrons. The van der Waals surface area contributed by atoms with E-state index >= 15 is 0 Å². The molecule has 5 nitrogen and oxygen atoms in total. The number of hydrogen-bond donors (Lipinski definition) is 1. The summed E-state index contributed by atoms with van der Waals surface area (Å²) in [5.74, 6) is 1.74. The quantitative estimate of drug-likeness (QED) is 0.154. The highest BCUT2D eigenvalue weighted by molar-refractivity contribution is 7.89. The number of sulfonamides is 1. The van der Waals surface area contributed by atoms with E-state index < -0.39 is 10.0 Å². The Bertz CT molecular complexity index is 1100. The number of nitrogens with one attached hydrogen (secondary N) is 1. The normalized spacial score (nSPS) is 10.7. The predicted molar refractivity (Wildman–Crippen MR) is 179 cm³/mol. The minimum atomic E-state index is -3.56. The fourth-order valence-electron chi connectivity index (χ4n) is 3.20. The van der Waals surface area contributed by atoms with Gasteiger partial charge in [0.2, 0.25) is 10.0 Å². The van der Waals surface area contributed by atoms with Crippen molar-refractivity contribution in [3.8, 4) is 5.75 Å². The van der Waals surface area contributed by atoms with Gasteiger partial charge in [-0.1, -0.05) is 102 Å². The van der Waals surface area contributed by atoms with E-state index in [0.29, 0.717) is 17.6 Å².